The van der Waals surface area contributed by atoms with Crippen LogP contribution in [0.2, 0.25) is 0 Å². The van der Waals surface area contributed by atoms with Crippen LogP contribution in [0.15, 0.2) is 36.2 Å². The van der Waals surface area contributed by atoms with Gasteiger partial charge in [0.1, 0.15) is 11.2 Å². The molecule has 1 radical (unpaired) electrons. The van der Waals surface area contributed by atoms with Crippen LogP contribution in [0, 0.1) is 5.38 Å². The number of hydrogen-bond donors (Lipinski definition) is 0. The Hall–Kier alpha value is 0.353. The van der Waals surface area contributed by atoms with Crippen LogP contribution in [-0.4, -0.2) is 0 Å². The van der Waals surface area contributed by atoms with Gasteiger partial charge in [-0.1, -0.05) is 18.7 Å². The Morgan fingerprint density at radius 1 is 1.45 bits per heavy atom. The number of hydrogen-bond acceptors (Lipinski definition) is 0. The fourth-order valence-electron chi connectivity index (χ4n) is 0.532. The smallest absolute Gasteiger partial charge is 0.127 e. The summed E-state index contributed by atoms with van der Waals surface area (Å²) in [4.78, 5) is 0. The standard InChI is InChI=1S/C7H5ClF.ClH.Zn/c1-5-6(8)3-2-4-7(5)9;;/h2-4H,1H2;1H;/p-1. The Bertz CT molecular complexity index is 199. The summed E-state index contributed by atoms with van der Waals surface area (Å²) in [7, 11) is 0. The molecule has 0 saturated heterocycles. The Labute approximate surface area is 89.4 Å². The van der Waals surface area contributed by atoms with Gasteiger partial charge in [0.25, 0.3) is 0 Å². The fraction of sp³-hybridized carbons (Fsp3) is 0. The third-order valence-corrected chi connectivity index (χ3v) is 1.42. The van der Waals surface area contributed by atoms with E-state index in [1.54, 1.807) is 12.2 Å². The maximum atomic E-state index is 12.4. The predicted molar refractivity (Wildman–Crippen MR) is 36.6 cm³/mol. The minimum Gasteiger partial charge on any atom is -1.00 e. The van der Waals surface area contributed by atoms with Crippen molar-refractivity contribution in [3.05, 3.63) is 41.6 Å². The zero-order valence-electron chi connectivity index (χ0n) is 5.78. The summed E-state index contributed by atoms with van der Waals surface area (Å²) in [6.45, 7) is 3.41. The van der Waals surface area contributed by atoms with Gasteiger partial charge in [-0.3, -0.25) is 0 Å². The first-order valence-corrected chi connectivity index (χ1v) is 2.85. The van der Waals surface area contributed by atoms with Gasteiger partial charge in [0.2, 0.25) is 0 Å². The summed E-state index contributed by atoms with van der Waals surface area (Å²) in [5.74, 6) is -0.359. The molecule has 0 spiro atoms. The van der Waals surface area contributed by atoms with E-state index in [-0.39, 0.29) is 43.3 Å². The Morgan fingerprint density at radius 3 is 2.36 bits per heavy atom. The summed E-state index contributed by atoms with van der Waals surface area (Å²) in [6.07, 6.45) is 4.48. The Balaban J connectivity index is 0. The summed E-state index contributed by atoms with van der Waals surface area (Å²) < 4.78 is 12.4. The molecule has 0 unspecified atom stereocenters. The van der Waals surface area contributed by atoms with Gasteiger partial charge < -0.3 is 12.4 Å². The molecule has 0 heterocycles. The normalized spacial score (nSPS) is 16.5. The molecule has 0 amide bonds. The van der Waals surface area contributed by atoms with Crippen molar-refractivity contribution in [3.8, 4) is 0 Å². The molecule has 0 N–H and O–H groups in total. The summed E-state index contributed by atoms with van der Waals surface area (Å²) in [5, 5.41) is 0.370. The Morgan fingerprint density at radius 2 is 2.00 bits per heavy atom. The molecule has 0 aromatic rings. The first-order valence-electron chi connectivity index (χ1n) is 2.48. The molecule has 1 aliphatic rings. The second kappa shape index (κ2) is 5.94. The number of halogens is 3. The molecule has 0 aliphatic heterocycles. The summed E-state index contributed by atoms with van der Waals surface area (Å²) in [5.41, 5.74) is 0.263. The second-order valence-electron chi connectivity index (χ2n) is 1.70. The van der Waals surface area contributed by atoms with E-state index in [1.165, 1.54) is 6.08 Å². The molecule has 0 bridgehead atoms. The van der Waals surface area contributed by atoms with E-state index in [9.17, 15) is 4.39 Å². The second-order valence-corrected chi connectivity index (χ2v) is 2.11. The molecule has 0 aromatic carbocycles. The third-order valence-electron chi connectivity index (χ3n) is 1.06. The predicted octanol–water partition coefficient (Wildman–Crippen LogP) is -0.262. The van der Waals surface area contributed by atoms with Crippen LogP contribution < -0.4 is 12.4 Å². The van der Waals surface area contributed by atoms with E-state index in [2.05, 4.69) is 6.58 Å². The fourth-order valence-corrected chi connectivity index (χ4v) is 0.695. The van der Waals surface area contributed by atoms with Crippen molar-refractivity contribution in [3.63, 3.8) is 0 Å². The van der Waals surface area contributed by atoms with Crippen LogP contribution >= 0.6 is 11.6 Å². The van der Waals surface area contributed by atoms with Crippen LogP contribution in [0.3, 0.4) is 0 Å². The van der Waals surface area contributed by atoms with Crippen LogP contribution in [0.25, 0.3) is 0 Å². The van der Waals surface area contributed by atoms with Crippen molar-refractivity contribution in [2.24, 2.45) is 0 Å². The molecular formula is C7H5Cl2FZn-. The van der Waals surface area contributed by atoms with Gasteiger partial charge in [-0.2, -0.15) is 0 Å². The summed E-state index contributed by atoms with van der Waals surface area (Å²) >= 11 is 5.51. The molecule has 11 heavy (non-hydrogen) atoms. The van der Waals surface area contributed by atoms with E-state index < -0.39 is 0 Å². The van der Waals surface area contributed by atoms with Gasteiger partial charge in [-0.25, -0.2) is 4.39 Å². The molecule has 0 nitrogen and oxygen atoms in total. The van der Waals surface area contributed by atoms with Gasteiger partial charge >= 0.3 is 0 Å². The van der Waals surface area contributed by atoms with Gasteiger partial charge in [-0.05, 0) is 6.08 Å². The van der Waals surface area contributed by atoms with Gasteiger partial charge in [0, 0.05) is 25.1 Å². The van der Waals surface area contributed by atoms with E-state index in [0.29, 0.717) is 5.38 Å². The summed E-state index contributed by atoms with van der Waals surface area (Å²) in [6, 6.07) is 0. The van der Waals surface area contributed by atoms with Crippen LogP contribution in [0.5, 0.6) is 0 Å². The Kier molecular flexibility index (Phi) is 7.51. The topological polar surface area (TPSA) is 0 Å². The van der Waals surface area contributed by atoms with E-state index in [0.717, 1.165) is 0 Å². The quantitative estimate of drug-likeness (QED) is 0.515. The van der Waals surface area contributed by atoms with Gasteiger partial charge in [-0.15, -0.1) is 11.6 Å². The zero-order chi connectivity index (χ0) is 6.85. The SMILES string of the molecule is C=C1[C](Cl)C=CC=C1F.[Cl-].[Zn]. The average Bonchev–Trinajstić information content (AvgIpc) is 1.83. The zero-order valence-corrected chi connectivity index (χ0v) is 10.3. The molecule has 4 heteroatoms. The van der Waals surface area contributed by atoms with Crippen LogP contribution in [0.1, 0.15) is 0 Å². The largest absolute Gasteiger partial charge is 1.00 e. The molecule has 57 valence electrons. The van der Waals surface area contributed by atoms with Gasteiger partial charge in [0.05, 0.1) is 0 Å². The molecule has 0 aromatic heterocycles. The first kappa shape index (κ1) is 13.9. The van der Waals surface area contributed by atoms with Crippen molar-refractivity contribution >= 4 is 11.6 Å². The first-order chi connectivity index (χ1) is 4.22. The average molecular weight is 244 g/mol. The maximum Gasteiger partial charge on any atom is 0.127 e. The van der Waals surface area contributed by atoms with E-state index in [4.69, 9.17) is 11.6 Å². The maximum absolute atomic E-state index is 12.4. The van der Waals surface area contributed by atoms with Crippen molar-refractivity contribution in [1.29, 1.82) is 0 Å². The van der Waals surface area contributed by atoms with Gasteiger partial charge in [0.15, 0.2) is 0 Å². The number of rotatable bonds is 0. The van der Waals surface area contributed by atoms with Crippen molar-refractivity contribution in [1.82, 2.24) is 0 Å². The van der Waals surface area contributed by atoms with Crippen LogP contribution in [-0.2, 0) is 19.5 Å². The molecule has 0 saturated carbocycles. The van der Waals surface area contributed by atoms with E-state index in [1.807, 2.05) is 0 Å². The van der Waals surface area contributed by atoms with Crippen molar-refractivity contribution in [2.75, 3.05) is 0 Å². The molecule has 1 rings (SSSR count). The molecular weight excluding hydrogens is 239 g/mol. The van der Waals surface area contributed by atoms with E-state index >= 15 is 0 Å². The molecule has 0 atom stereocenters. The minimum absolute atomic E-state index is 0. The minimum atomic E-state index is -0.359. The van der Waals surface area contributed by atoms with Crippen molar-refractivity contribution < 1.29 is 36.3 Å². The van der Waals surface area contributed by atoms with Crippen LogP contribution in [0.4, 0.5) is 4.39 Å². The molecule has 0 fully saturated rings. The third kappa shape index (κ3) is 3.51. The molecule has 1 aliphatic carbocycles. The number of allylic oxidation sites excluding steroid dienone is 5. The monoisotopic (exact) mass is 242 g/mol. The van der Waals surface area contributed by atoms with Crippen molar-refractivity contribution in [2.45, 2.75) is 0 Å².